The number of fused-ring (bicyclic) bond motifs is 1. The number of nitrogens with zero attached hydrogens (tertiary/aromatic N) is 5. The quantitative estimate of drug-likeness (QED) is 0.831. The number of aromatic nitrogens is 3. The van der Waals surface area contributed by atoms with Crippen molar-refractivity contribution in [2.75, 3.05) is 50.2 Å². The number of methoxy groups -OCH3 is 2. The van der Waals surface area contributed by atoms with Crippen LogP contribution in [-0.4, -0.2) is 67.6 Å². The van der Waals surface area contributed by atoms with Crippen molar-refractivity contribution >= 4 is 22.8 Å². The van der Waals surface area contributed by atoms with Gasteiger partial charge in [-0.25, -0.2) is 15.0 Å². The summed E-state index contributed by atoms with van der Waals surface area (Å²) in [6.45, 7) is 3.76. The van der Waals surface area contributed by atoms with Crippen LogP contribution in [-0.2, 0) is 9.47 Å². The minimum Gasteiger partial charge on any atom is -0.381 e. The fraction of sp³-hybridized carbons (Fsp3) is 0.632. The highest BCUT2D eigenvalue weighted by Crippen LogP contribution is 2.32. The first-order chi connectivity index (χ1) is 12.8. The number of rotatable bonds is 4. The maximum Gasteiger partial charge on any atom is 0.180 e. The van der Waals surface area contributed by atoms with Gasteiger partial charge in [0.2, 0.25) is 0 Å². The van der Waals surface area contributed by atoms with Crippen LogP contribution in [0.2, 0.25) is 0 Å². The summed E-state index contributed by atoms with van der Waals surface area (Å²) in [6.07, 6.45) is 6.55. The van der Waals surface area contributed by atoms with Crippen LogP contribution >= 0.6 is 0 Å². The molecule has 0 N–H and O–H groups in total. The molecule has 0 atom stereocenters. The SMILES string of the molecule is COC1CCN(c2nc3cccnc3nc2N2CCC(OC)CC2)CC1. The molecular weight excluding hydrogens is 330 g/mol. The van der Waals surface area contributed by atoms with E-state index in [9.17, 15) is 0 Å². The average Bonchev–Trinajstić information content (AvgIpc) is 2.73. The second-order valence-corrected chi connectivity index (χ2v) is 7.06. The van der Waals surface area contributed by atoms with Crippen LogP contribution in [0.1, 0.15) is 25.7 Å². The Hall–Kier alpha value is -1.99. The van der Waals surface area contributed by atoms with Gasteiger partial charge < -0.3 is 19.3 Å². The van der Waals surface area contributed by atoms with E-state index in [1.807, 2.05) is 12.1 Å². The van der Waals surface area contributed by atoms with Crippen molar-refractivity contribution in [2.45, 2.75) is 37.9 Å². The summed E-state index contributed by atoms with van der Waals surface area (Å²) in [4.78, 5) is 19.0. The Labute approximate surface area is 154 Å². The zero-order valence-corrected chi connectivity index (χ0v) is 15.6. The molecule has 4 heterocycles. The van der Waals surface area contributed by atoms with Crippen LogP contribution in [0.4, 0.5) is 11.6 Å². The van der Waals surface area contributed by atoms with Gasteiger partial charge in [0.15, 0.2) is 17.3 Å². The first-order valence-corrected chi connectivity index (χ1v) is 9.46. The van der Waals surface area contributed by atoms with E-state index in [1.165, 1.54) is 0 Å². The molecule has 2 fully saturated rings. The molecule has 0 radical (unpaired) electrons. The molecule has 2 aliphatic rings. The van der Waals surface area contributed by atoms with Crippen molar-refractivity contribution in [3.63, 3.8) is 0 Å². The predicted molar refractivity (Wildman–Crippen MR) is 102 cm³/mol. The second-order valence-electron chi connectivity index (χ2n) is 7.06. The van der Waals surface area contributed by atoms with Crippen LogP contribution in [0.25, 0.3) is 11.2 Å². The average molecular weight is 357 g/mol. The Morgan fingerprint density at radius 2 is 1.38 bits per heavy atom. The van der Waals surface area contributed by atoms with Gasteiger partial charge in [-0.1, -0.05) is 0 Å². The van der Waals surface area contributed by atoms with Crippen LogP contribution < -0.4 is 9.80 Å². The zero-order valence-electron chi connectivity index (χ0n) is 15.6. The first kappa shape index (κ1) is 17.4. The highest BCUT2D eigenvalue weighted by atomic mass is 16.5. The van der Waals surface area contributed by atoms with Crippen LogP contribution in [0.3, 0.4) is 0 Å². The van der Waals surface area contributed by atoms with Gasteiger partial charge >= 0.3 is 0 Å². The van der Waals surface area contributed by atoms with Gasteiger partial charge in [-0.05, 0) is 37.8 Å². The van der Waals surface area contributed by atoms with E-state index in [0.29, 0.717) is 17.9 Å². The molecule has 140 valence electrons. The third kappa shape index (κ3) is 3.46. The molecule has 0 bridgehead atoms. The van der Waals surface area contributed by atoms with E-state index >= 15 is 0 Å². The van der Waals surface area contributed by atoms with Crippen LogP contribution in [0.15, 0.2) is 18.3 Å². The van der Waals surface area contributed by atoms with Crippen LogP contribution in [0.5, 0.6) is 0 Å². The zero-order chi connectivity index (χ0) is 17.9. The second kappa shape index (κ2) is 7.72. The fourth-order valence-corrected chi connectivity index (χ4v) is 3.91. The maximum absolute atomic E-state index is 5.52. The molecule has 26 heavy (non-hydrogen) atoms. The van der Waals surface area contributed by atoms with Gasteiger partial charge in [0.05, 0.1) is 12.2 Å². The minimum atomic E-state index is 0.346. The molecule has 0 amide bonds. The van der Waals surface area contributed by atoms with E-state index in [1.54, 1.807) is 20.4 Å². The van der Waals surface area contributed by atoms with E-state index in [0.717, 1.165) is 69.0 Å². The summed E-state index contributed by atoms with van der Waals surface area (Å²) in [5, 5.41) is 0. The summed E-state index contributed by atoms with van der Waals surface area (Å²) in [5.74, 6) is 1.94. The topological polar surface area (TPSA) is 63.6 Å². The van der Waals surface area contributed by atoms with Crippen LogP contribution in [0, 0.1) is 0 Å². The molecule has 2 aromatic rings. The molecule has 0 aliphatic carbocycles. The molecule has 2 aliphatic heterocycles. The lowest BCUT2D eigenvalue weighted by atomic mass is 10.1. The molecule has 2 saturated heterocycles. The molecular formula is C19H27N5O2. The molecule has 0 spiro atoms. The van der Waals surface area contributed by atoms with Gasteiger partial charge in [0, 0.05) is 46.6 Å². The summed E-state index contributed by atoms with van der Waals surface area (Å²) < 4.78 is 11.0. The Morgan fingerprint density at radius 3 is 1.92 bits per heavy atom. The largest absolute Gasteiger partial charge is 0.381 e. The Bertz CT molecular complexity index is 677. The van der Waals surface area contributed by atoms with E-state index in [-0.39, 0.29) is 0 Å². The van der Waals surface area contributed by atoms with E-state index < -0.39 is 0 Å². The van der Waals surface area contributed by atoms with Gasteiger partial charge in [-0.3, -0.25) is 0 Å². The fourth-order valence-electron chi connectivity index (χ4n) is 3.91. The molecule has 7 nitrogen and oxygen atoms in total. The van der Waals surface area contributed by atoms with Gasteiger partial charge in [0.25, 0.3) is 0 Å². The molecule has 0 unspecified atom stereocenters. The molecule has 7 heteroatoms. The molecule has 4 rings (SSSR count). The maximum atomic E-state index is 5.52. The summed E-state index contributed by atoms with van der Waals surface area (Å²) >= 11 is 0. The molecule has 0 aromatic carbocycles. The lowest BCUT2D eigenvalue weighted by molar-refractivity contribution is 0.0809. The highest BCUT2D eigenvalue weighted by molar-refractivity contribution is 5.78. The standard InChI is InChI=1S/C19H27N5O2/c1-25-14-5-10-23(11-6-14)18-19(24-12-7-15(26-2)8-13-24)22-17-16(21-18)4-3-9-20-17/h3-4,9,14-15H,5-8,10-13H2,1-2H3. The summed E-state index contributed by atoms with van der Waals surface area (Å²) in [7, 11) is 3.60. The van der Waals surface area contributed by atoms with E-state index in [4.69, 9.17) is 19.4 Å². The number of anilines is 2. The summed E-state index contributed by atoms with van der Waals surface area (Å²) in [5.41, 5.74) is 1.57. The van der Waals surface area contributed by atoms with Crippen molar-refractivity contribution in [3.05, 3.63) is 18.3 Å². The lowest BCUT2D eigenvalue weighted by Gasteiger charge is -2.37. The predicted octanol–water partition coefficient (Wildman–Crippen LogP) is 2.26. The molecule has 2 aromatic heterocycles. The number of hydrogen-bond donors (Lipinski definition) is 0. The Morgan fingerprint density at radius 1 is 0.846 bits per heavy atom. The lowest BCUT2D eigenvalue weighted by Crippen LogP contribution is -2.41. The normalized spacial score (nSPS) is 20.1. The van der Waals surface area contributed by atoms with Crippen molar-refractivity contribution in [2.24, 2.45) is 0 Å². The minimum absolute atomic E-state index is 0.346. The van der Waals surface area contributed by atoms with Crippen molar-refractivity contribution in [3.8, 4) is 0 Å². The smallest absolute Gasteiger partial charge is 0.180 e. The van der Waals surface area contributed by atoms with Crippen molar-refractivity contribution in [1.29, 1.82) is 0 Å². The number of hydrogen-bond acceptors (Lipinski definition) is 7. The van der Waals surface area contributed by atoms with Gasteiger partial charge in [0.1, 0.15) is 5.52 Å². The Balaban J connectivity index is 1.66. The summed E-state index contributed by atoms with van der Waals surface area (Å²) in [6, 6.07) is 3.91. The van der Waals surface area contributed by atoms with Gasteiger partial charge in [-0.15, -0.1) is 0 Å². The number of ether oxygens (including phenoxy) is 2. The van der Waals surface area contributed by atoms with Crippen molar-refractivity contribution in [1.82, 2.24) is 15.0 Å². The van der Waals surface area contributed by atoms with E-state index in [2.05, 4.69) is 14.8 Å². The molecule has 0 saturated carbocycles. The number of piperidine rings is 2. The van der Waals surface area contributed by atoms with Crippen molar-refractivity contribution < 1.29 is 9.47 Å². The number of pyridine rings is 1. The monoisotopic (exact) mass is 357 g/mol. The Kier molecular flexibility index (Phi) is 5.17. The highest BCUT2D eigenvalue weighted by Gasteiger charge is 2.28. The first-order valence-electron chi connectivity index (χ1n) is 9.46. The third-order valence-electron chi connectivity index (χ3n) is 5.55. The van der Waals surface area contributed by atoms with Gasteiger partial charge in [-0.2, -0.15) is 0 Å². The third-order valence-corrected chi connectivity index (χ3v) is 5.55.